The van der Waals surface area contributed by atoms with Crippen molar-refractivity contribution in [1.29, 1.82) is 0 Å². The van der Waals surface area contributed by atoms with Crippen LogP contribution in [0.4, 0.5) is 0 Å². The number of amides is 1. The Labute approximate surface area is 157 Å². The maximum atomic E-state index is 12.9. The van der Waals surface area contributed by atoms with Crippen LogP contribution in [0.2, 0.25) is 0 Å². The SMILES string of the molecule is C[C@H](c1cc2ccccc2o1)N(C)C(=O)c1cnn(Cc2ccccc2)c1. The van der Waals surface area contributed by atoms with Crippen LogP contribution < -0.4 is 0 Å². The quantitative estimate of drug-likeness (QED) is 0.527. The maximum Gasteiger partial charge on any atom is 0.257 e. The van der Waals surface area contributed by atoms with E-state index in [1.807, 2.05) is 67.6 Å². The van der Waals surface area contributed by atoms with Crippen LogP contribution in [0, 0.1) is 0 Å². The lowest BCUT2D eigenvalue weighted by Gasteiger charge is -2.22. The number of nitrogens with zero attached hydrogens (tertiary/aromatic N) is 3. The van der Waals surface area contributed by atoms with Crippen molar-refractivity contribution in [2.45, 2.75) is 19.5 Å². The first-order valence-electron chi connectivity index (χ1n) is 8.94. The highest BCUT2D eigenvalue weighted by molar-refractivity contribution is 5.93. The average Bonchev–Trinajstić information content (AvgIpc) is 3.34. The van der Waals surface area contributed by atoms with Crippen molar-refractivity contribution in [2.75, 3.05) is 7.05 Å². The molecule has 0 saturated carbocycles. The Morgan fingerprint density at radius 3 is 2.67 bits per heavy atom. The van der Waals surface area contributed by atoms with Crippen LogP contribution >= 0.6 is 0 Å². The van der Waals surface area contributed by atoms with Crippen molar-refractivity contribution in [3.8, 4) is 0 Å². The first-order chi connectivity index (χ1) is 13.1. The van der Waals surface area contributed by atoms with Crippen LogP contribution in [-0.4, -0.2) is 27.6 Å². The molecule has 0 bridgehead atoms. The summed E-state index contributed by atoms with van der Waals surface area (Å²) in [5, 5.41) is 5.37. The van der Waals surface area contributed by atoms with Gasteiger partial charge in [0.05, 0.1) is 24.3 Å². The summed E-state index contributed by atoms with van der Waals surface area (Å²) in [5.41, 5.74) is 2.54. The molecule has 2 heterocycles. The number of aromatic nitrogens is 2. The van der Waals surface area contributed by atoms with Crippen LogP contribution in [0.25, 0.3) is 11.0 Å². The summed E-state index contributed by atoms with van der Waals surface area (Å²) < 4.78 is 7.69. The number of rotatable bonds is 5. The van der Waals surface area contributed by atoms with Gasteiger partial charge < -0.3 is 9.32 Å². The first-order valence-corrected chi connectivity index (χ1v) is 8.94. The Hall–Kier alpha value is -3.34. The van der Waals surface area contributed by atoms with E-state index in [9.17, 15) is 4.79 Å². The van der Waals surface area contributed by atoms with Gasteiger partial charge in [0.1, 0.15) is 11.3 Å². The zero-order chi connectivity index (χ0) is 18.8. The molecule has 0 unspecified atom stereocenters. The molecule has 1 atom stereocenters. The van der Waals surface area contributed by atoms with E-state index >= 15 is 0 Å². The predicted molar refractivity (Wildman–Crippen MR) is 104 cm³/mol. The third-order valence-electron chi connectivity index (χ3n) is 4.83. The van der Waals surface area contributed by atoms with Gasteiger partial charge in [0.2, 0.25) is 0 Å². The lowest BCUT2D eigenvalue weighted by atomic mass is 10.2. The smallest absolute Gasteiger partial charge is 0.257 e. The zero-order valence-corrected chi connectivity index (χ0v) is 15.4. The Morgan fingerprint density at radius 2 is 1.89 bits per heavy atom. The number of carbonyl (C=O) groups is 1. The minimum Gasteiger partial charge on any atom is -0.459 e. The van der Waals surface area contributed by atoms with Crippen LogP contribution in [0.1, 0.15) is 34.6 Å². The molecule has 1 amide bonds. The minimum absolute atomic E-state index is 0.0812. The van der Waals surface area contributed by atoms with E-state index in [4.69, 9.17) is 4.42 Å². The number of para-hydroxylation sites is 1. The van der Waals surface area contributed by atoms with E-state index in [-0.39, 0.29) is 11.9 Å². The summed E-state index contributed by atoms with van der Waals surface area (Å²) in [5.74, 6) is 0.686. The monoisotopic (exact) mass is 359 g/mol. The molecule has 0 saturated heterocycles. The number of carbonyl (C=O) groups excluding carboxylic acids is 1. The van der Waals surface area contributed by atoms with Crippen molar-refractivity contribution < 1.29 is 9.21 Å². The second-order valence-electron chi connectivity index (χ2n) is 6.69. The van der Waals surface area contributed by atoms with Gasteiger partial charge >= 0.3 is 0 Å². The summed E-state index contributed by atoms with van der Waals surface area (Å²) in [6, 6.07) is 19.7. The Balaban J connectivity index is 1.50. The molecule has 0 spiro atoms. The molecule has 5 nitrogen and oxygen atoms in total. The fourth-order valence-electron chi connectivity index (χ4n) is 3.11. The van der Waals surface area contributed by atoms with Crippen LogP contribution in [0.3, 0.4) is 0 Å². The normalized spacial score (nSPS) is 12.2. The third-order valence-corrected chi connectivity index (χ3v) is 4.83. The number of fused-ring (bicyclic) bond motifs is 1. The number of hydrogen-bond acceptors (Lipinski definition) is 3. The van der Waals surface area contributed by atoms with E-state index in [0.717, 1.165) is 22.3 Å². The molecular weight excluding hydrogens is 338 g/mol. The second-order valence-corrected chi connectivity index (χ2v) is 6.69. The molecule has 2 aromatic heterocycles. The Bertz CT molecular complexity index is 1030. The van der Waals surface area contributed by atoms with E-state index < -0.39 is 0 Å². The summed E-state index contributed by atoms with van der Waals surface area (Å²) in [6.45, 7) is 2.60. The maximum absolute atomic E-state index is 12.9. The highest BCUT2D eigenvalue weighted by Crippen LogP contribution is 2.27. The first kappa shape index (κ1) is 17.1. The molecule has 5 heteroatoms. The van der Waals surface area contributed by atoms with Crippen LogP contribution in [-0.2, 0) is 6.54 Å². The molecule has 2 aromatic carbocycles. The van der Waals surface area contributed by atoms with Crippen molar-refractivity contribution in [2.24, 2.45) is 0 Å². The molecule has 4 rings (SSSR count). The largest absolute Gasteiger partial charge is 0.459 e. The zero-order valence-electron chi connectivity index (χ0n) is 15.4. The van der Waals surface area contributed by atoms with E-state index in [2.05, 4.69) is 5.10 Å². The molecule has 136 valence electrons. The van der Waals surface area contributed by atoms with Gasteiger partial charge in [0.15, 0.2) is 0 Å². The van der Waals surface area contributed by atoms with Crippen molar-refractivity contribution in [3.05, 3.63) is 89.9 Å². The number of furan rings is 1. The van der Waals surface area contributed by atoms with Gasteiger partial charge in [0, 0.05) is 18.6 Å². The van der Waals surface area contributed by atoms with Gasteiger partial charge in [-0.15, -0.1) is 0 Å². The molecule has 4 aromatic rings. The molecule has 0 radical (unpaired) electrons. The van der Waals surface area contributed by atoms with Crippen molar-refractivity contribution >= 4 is 16.9 Å². The summed E-state index contributed by atoms with van der Waals surface area (Å²) in [7, 11) is 1.79. The fraction of sp³-hybridized carbons (Fsp3) is 0.182. The average molecular weight is 359 g/mol. The van der Waals surface area contributed by atoms with Gasteiger partial charge in [-0.1, -0.05) is 48.5 Å². The van der Waals surface area contributed by atoms with Crippen LogP contribution in [0.5, 0.6) is 0 Å². The lowest BCUT2D eigenvalue weighted by molar-refractivity contribution is 0.0727. The highest BCUT2D eigenvalue weighted by atomic mass is 16.3. The molecule has 0 fully saturated rings. The highest BCUT2D eigenvalue weighted by Gasteiger charge is 2.23. The number of benzene rings is 2. The van der Waals surface area contributed by atoms with E-state index in [1.54, 1.807) is 29.0 Å². The van der Waals surface area contributed by atoms with Crippen molar-refractivity contribution in [3.63, 3.8) is 0 Å². The Kier molecular flexibility index (Phi) is 4.50. The predicted octanol–water partition coefficient (Wildman–Crippen LogP) is 4.51. The summed E-state index contributed by atoms with van der Waals surface area (Å²) >= 11 is 0. The van der Waals surface area contributed by atoms with E-state index in [0.29, 0.717) is 12.1 Å². The van der Waals surface area contributed by atoms with Gasteiger partial charge in [0.25, 0.3) is 5.91 Å². The van der Waals surface area contributed by atoms with Gasteiger partial charge in [-0.2, -0.15) is 5.10 Å². The molecular formula is C22H21N3O2. The molecule has 0 aliphatic carbocycles. The molecule has 0 aliphatic rings. The fourth-order valence-corrected chi connectivity index (χ4v) is 3.11. The standard InChI is InChI=1S/C22H21N3O2/c1-16(21-12-18-10-6-7-11-20(18)27-21)24(2)22(26)19-13-23-25(15-19)14-17-8-4-3-5-9-17/h3-13,15-16H,14H2,1-2H3/t16-/m1/s1. The Morgan fingerprint density at radius 1 is 1.15 bits per heavy atom. The topological polar surface area (TPSA) is 51.3 Å². The minimum atomic E-state index is -0.178. The van der Waals surface area contributed by atoms with Gasteiger partial charge in [-0.25, -0.2) is 0 Å². The van der Waals surface area contributed by atoms with Gasteiger partial charge in [-0.3, -0.25) is 9.48 Å². The summed E-state index contributed by atoms with van der Waals surface area (Å²) in [4.78, 5) is 14.6. The lowest BCUT2D eigenvalue weighted by Crippen LogP contribution is -2.29. The van der Waals surface area contributed by atoms with Gasteiger partial charge in [-0.05, 0) is 24.6 Å². The number of hydrogen-bond donors (Lipinski definition) is 0. The molecule has 0 aliphatic heterocycles. The van der Waals surface area contributed by atoms with Crippen molar-refractivity contribution in [1.82, 2.24) is 14.7 Å². The van der Waals surface area contributed by atoms with E-state index in [1.165, 1.54) is 0 Å². The third kappa shape index (κ3) is 3.49. The molecule has 0 N–H and O–H groups in total. The van der Waals surface area contributed by atoms with Crippen LogP contribution in [0.15, 0.2) is 77.5 Å². The summed E-state index contributed by atoms with van der Waals surface area (Å²) in [6.07, 6.45) is 3.41. The molecule has 27 heavy (non-hydrogen) atoms. The second kappa shape index (κ2) is 7.11.